The fourth-order valence-electron chi connectivity index (χ4n) is 2.73. The van der Waals surface area contributed by atoms with Crippen molar-refractivity contribution in [1.29, 1.82) is 0 Å². The van der Waals surface area contributed by atoms with Gasteiger partial charge in [0.15, 0.2) is 0 Å². The highest BCUT2D eigenvalue weighted by Gasteiger charge is 2.23. The second-order valence-corrected chi connectivity index (χ2v) is 6.01. The van der Waals surface area contributed by atoms with Crippen molar-refractivity contribution in [2.75, 3.05) is 12.8 Å². The Balaban J connectivity index is 2.00. The normalized spacial score (nSPS) is 15.8. The molecule has 1 aromatic carbocycles. The maximum atomic E-state index is 6.17. The molecule has 1 aromatic heterocycles. The fraction of sp³-hybridized carbons (Fsp3) is 0.400. The Morgan fingerprint density at radius 1 is 1.26 bits per heavy atom. The number of rotatable bonds is 3. The van der Waals surface area contributed by atoms with E-state index in [-0.39, 0.29) is 0 Å². The Hall–Kier alpha value is -1.55. The van der Waals surface area contributed by atoms with Crippen LogP contribution in [-0.2, 0) is 0 Å². The van der Waals surface area contributed by atoms with Crippen molar-refractivity contribution < 1.29 is 4.74 Å². The van der Waals surface area contributed by atoms with E-state index in [4.69, 9.17) is 15.5 Å². The largest absolute Gasteiger partial charge is 0.496 e. The minimum absolute atomic E-state index is 0.607. The highest BCUT2D eigenvalue weighted by Crippen LogP contribution is 2.42. The Kier molecular flexibility index (Phi) is 3.42. The Labute approximate surface area is 117 Å². The van der Waals surface area contributed by atoms with Gasteiger partial charge in [-0.05, 0) is 25.0 Å². The molecule has 4 heteroatoms. The fourth-order valence-corrected chi connectivity index (χ4v) is 3.75. The summed E-state index contributed by atoms with van der Waals surface area (Å²) in [5, 5.41) is 1.99. The Morgan fingerprint density at radius 2 is 2.00 bits per heavy atom. The lowest BCUT2D eigenvalue weighted by molar-refractivity contribution is 0.416. The molecule has 1 saturated carbocycles. The van der Waals surface area contributed by atoms with Gasteiger partial charge in [0.25, 0.3) is 0 Å². The number of nitrogen functional groups attached to an aromatic ring is 1. The van der Waals surface area contributed by atoms with Crippen molar-refractivity contribution in [3.8, 4) is 17.0 Å². The average Bonchev–Trinajstić information content (AvgIpc) is 3.07. The number of hydrogen-bond donors (Lipinski definition) is 1. The van der Waals surface area contributed by atoms with Crippen LogP contribution in [0.15, 0.2) is 24.3 Å². The average molecular weight is 274 g/mol. The van der Waals surface area contributed by atoms with Crippen LogP contribution in [-0.4, -0.2) is 12.1 Å². The monoisotopic (exact) mass is 274 g/mol. The topological polar surface area (TPSA) is 48.1 Å². The molecule has 0 radical (unpaired) electrons. The second-order valence-electron chi connectivity index (χ2n) is 4.95. The van der Waals surface area contributed by atoms with Gasteiger partial charge in [-0.15, -0.1) is 11.3 Å². The predicted molar refractivity (Wildman–Crippen MR) is 79.7 cm³/mol. The molecule has 0 atom stereocenters. The Morgan fingerprint density at radius 3 is 2.74 bits per heavy atom. The summed E-state index contributed by atoms with van der Waals surface area (Å²) < 4.78 is 5.40. The summed E-state index contributed by atoms with van der Waals surface area (Å²) >= 11 is 1.64. The highest BCUT2D eigenvalue weighted by molar-refractivity contribution is 7.16. The smallest absolute Gasteiger partial charge is 0.128 e. The SMILES string of the molecule is COc1ccccc1-c1nc(C2CCCC2)sc1N. The zero-order valence-electron chi connectivity index (χ0n) is 11.1. The van der Waals surface area contributed by atoms with E-state index >= 15 is 0 Å². The number of methoxy groups -OCH3 is 1. The van der Waals surface area contributed by atoms with E-state index in [2.05, 4.69) is 0 Å². The molecule has 2 aromatic rings. The van der Waals surface area contributed by atoms with Gasteiger partial charge >= 0.3 is 0 Å². The third kappa shape index (κ3) is 2.32. The number of nitrogens with two attached hydrogens (primary N) is 1. The number of hydrogen-bond acceptors (Lipinski definition) is 4. The van der Waals surface area contributed by atoms with Gasteiger partial charge in [0.2, 0.25) is 0 Å². The summed E-state index contributed by atoms with van der Waals surface area (Å²) in [7, 11) is 1.68. The van der Waals surface area contributed by atoms with Crippen LogP contribution in [0.3, 0.4) is 0 Å². The first-order valence-corrected chi connectivity index (χ1v) is 7.51. The first kappa shape index (κ1) is 12.5. The van der Waals surface area contributed by atoms with Gasteiger partial charge in [-0.1, -0.05) is 25.0 Å². The lowest BCUT2D eigenvalue weighted by atomic mass is 10.1. The molecule has 1 fully saturated rings. The van der Waals surface area contributed by atoms with Gasteiger partial charge in [0.1, 0.15) is 16.4 Å². The van der Waals surface area contributed by atoms with E-state index in [0.29, 0.717) is 5.92 Å². The van der Waals surface area contributed by atoms with Crippen LogP contribution >= 0.6 is 11.3 Å². The number of para-hydroxylation sites is 1. The number of benzene rings is 1. The highest BCUT2D eigenvalue weighted by atomic mass is 32.1. The van der Waals surface area contributed by atoms with Crippen LogP contribution < -0.4 is 10.5 Å². The third-order valence-corrected chi connectivity index (χ3v) is 4.78. The first-order chi connectivity index (χ1) is 9.29. The minimum atomic E-state index is 0.607. The van der Waals surface area contributed by atoms with Crippen molar-refractivity contribution >= 4 is 16.3 Å². The summed E-state index contributed by atoms with van der Waals surface area (Å²) in [6.07, 6.45) is 5.12. The molecule has 3 rings (SSSR count). The molecule has 100 valence electrons. The summed E-state index contributed by atoms with van der Waals surface area (Å²) in [5.74, 6) is 1.44. The van der Waals surface area contributed by atoms with Gasteiger partial charge in [-0.25, -0.2) is 4.98 Å². The van der Waals surface area contributed by atoms with Gasteiger partial charge in [-0.2, -0.15) is 0 Å². The molecule has 1 heterocycles. The van der Waals surface area contributed by atoms with Crippen molar-refractivity contribution in [3.05, 3.63) is 29.3 Å². The zero-order valence-corrected chi connectivity index (χ0v) is 11.9. The maximum absolute atomic E-state index is 6.17. The van der Waals surface area contributed by atoms with Gasteiger partial charge in [0, 0.05) is 11.5 Å². The lowest BCUT2D eigenvalue weighted by Gasteiger charge is -2.06. The quantitative estimate of drug-likeness (QED) is 0.918. The van der Waals surface area contributed by atoms with Crippen LogP contribution in [0, 0.1) is 0 Å². The lowest BCUT2D eigenvalue weighted by Crippen LogP contribution is -1.93. The molecule has 1 aliphatic carbocycles. The zero-order chi connectivity index (χ0) is 13.2. The number of anilines is 1. The standard InChI is InChI=1S/C15H18N2OS/c1-18-12-9-5-4-8-11(12)13-14(16)19-15(17-13)10-6-2-3-7-10/h4-5,8-10H,2-3,6-7,16H2,1H3. The summed E-state index contributed by atoms with van der Waals surface area (Å²) in [4.78, 5) is 4.78. The van der Waals surface area contributed by atoms with Crippen molar-refractivity contribution in [3.63, 3.8) is 0 Å². The van der Waals surface area contributed by atoms with E-state index in [9.17, 15) is 0 Å². The molecule has 0 spiro atoms. The maximum Gasteiger partial charge on any atom is 0.128 e. The van der Waals surface area contributed by atoms with Crippen molar-refractivity contribution in [2.45, 2.75) is 31.6 Å². The molecule has 1 aliphatic rings. The molecule has 0 unspecified atom stereocenters. The number of thiazole rings is 1. The molecule has 0 saturated heterocycles. The first-order valence-electron chi connectivity index (χ1n) is 6.69. The van der Waals surface area contributed by atoms with Crippen molar-refractivity contribution in [2.24, 2.45) is 0 Å². The molecular weight excluding hydrogens is 256 g/mol. The second kappa shape index (κ2) is 5.21. The van der Waals surface area contributed by atoms with Gasteiger partial charge in [-0.3, -0.25) is 0 Å². The predicted octanol–water partition coefficient (Wildman–Crippen LogP) is 4.06. The van der Waals surface area contributed by atoms with E-state index < -0.39 is 0 Å². The molecular formula is C15H18N2OS. The van der Waals surface area contributed by atoms with Crippen molar-refractivity contribution in [1.82, 2.24) is 4.98 Å². The number of aromatic nitrogens is 1. The molecule has 3 nitrogen and oxygen atoms in total. The third-order valence-electron chi connectivity index (χ3n) is 3.74. The minimum Gasteiger partial charge on any atom is -0.496 e. The molecule has 0 amide bonds. The van der Waals surface area contributed by atoms with Crippen LogP contribution in [0.25, 0.3) is 11.3 Å². The molecule has 2 N–H and O–H groups in total. The van der Waals surface area contributed by atoms with Crippen LogP contribution in [0.5, 0.6) is 5.75 Å². The van der Waals surface area contributed by atoms with E-state index in [0.717, 1.165) is 22.0 Å². The molecule has 0 bridgehead atoms. The molecule has 19 heavy (non-hydrogen) atoms. The number of nitrogens with zero attached hydrogens (tertiary/aromatic N) is 1. The number of ether oxygens (including phenoxy) is 1. The van der Waals surface area contributed by atoms with E-state index in [1.165, 1.54) is 30.7 Å². The van der Waals surface area contributed by atoms with Gasteiger partial charge in [0.05, 0.1) is 12.1 Å². The summed E-state index contributed by atoms with van der Waals surface area (Å²) in [5.41, 5.74) is 8.03. The van der Waals surface area contributed by atoms with Gasteiger partial charge < -0.3 is 10.5 Å². The Bertz CT molecular complexity index is 573. The van der Waals surface area contributed by atoms with E-state index in [1.54, 1.807) is 18.4 Å². The van der Waals surface area contributed by atoms with Crippen LogP contribution in [0.4, 0.5) is 5.00 Å². The van der Waals surface area contributed by atoms with E-state index in [1.807, 2.05) is 24.3 Å². The van der Waals surface area contributed by atoms with Crippen LogP contribution in [0.1, 0.15) is 36.6 Å². The molecule has 0 aliphatic heterocycles. The summed E-state index contributed by atoms with van der Waals surface area (Å²) in [6, 6.07) is 7.92. The van der Waals surface area contributed by atoms with Crippen LogP contribution in [0.2, 0.25) is 0 Å². The summed E-state index contributed by atoms with van der Waals surface area (Å²) in [6.45, 7) is 0.